The molecule has 1 heterocycles. The van der Waals surface area contributed by atoms with Gasteiger partial charge in [-0.1, -0.05) is 46.6 Å². The van der Waals surface area contributed by atoms with Crippen LogP contribution in [0.15, 0.2) is 52.0 Å². The summed E-state index contributed by atoms with van der Waals surface area (Å²) in [7, 11) is 1.62. The summed E-state index contributed by atoms with van der Waals surface area (Å²) < 4.78 is 35.1. The lowest BCUT2D eigenvalue weighted by molar-refractivity contribution is -0.0504. The van der Waals surface area contributed by atoms with Crippen LogP contribution in [0.5, 0.6) is 5.75 Å². The van der Waals surface area contributed by atoms with Crippen LogP contribution in [0, 0.1) is 6.92 Å². The molecule has 0 fully saturated rings. The van der Waals surface area contributed by atoms with E-state index in [0.717, 1.165) is 11.1 Å². The van der Waals surface area contributed by atoms with Crippen molar-refractivity contribution in [2.24, 2.45) is 4.99 Å². The van der Waals surface area contributed by atoms with Gasteiger partial charge in [0.2, 0.25) is 11.7 Å². The van der Waals surface area contributed by atoms with Crippen LogP contribution < -0.4 is 15.4 Å². The van der Waals surface area contributed by atoms with E-state index in [2.05, 4.69) is 30.5 Å². The van der Waals surface area contributed by atoms with E-state index in [0.29, 0.717) is 41.2 Å². The lowest BCUT2D eigenvalue weighted by atomic mass is 10.1. The topological polar surface area (TPSA) is 84.6 Å². The number of guanidine groups is 1. The molecule has 1 aromatic heterocycles. The Balaban J connectivity index is 1.52. The van der Waals surface area contributed by atoms with Crippen molar-refractivity contribution in [3.8, 4) is 17.1 Å². The van der Waals surface area contributed by atoms with E-state index in [1.54, 1.807) is 31.3 Å². The number of hydrogen-bond acceptors (Lipinski definition) is 5. The molecule has 7 nitrogen and oxygen atoms in total. The molecule has 0 atom stereocenters. The van der Waals surface area contributed by atoms with Gasteiger partial charge in [0.05, 0.1) is 0 Å². The predicted octanol–water partition coefficient (Wildman–Crippen LogP) is 4.21. The van der Waals surface area contributed by atoms with Crippen LogP contribution in [-0.4, -0.2) is 36.3 Å². The van der Waals surface area contributed by atoms with Crippen LogP contribution in [0.1, 0.15) is 17.0 Å². The Morgan fingerprint density at radius 1 is 1.23 bits per heavy atom. The Morgan fingerprint density at radius 3 is 2.81 bits per heavy atom. The predicted molar refractivity (Wildman–Crippen MR) is 114 cm³/mol. The molecule has 31 heavy (non-hydrogen) atoms. The molecule has 0 bridgehead atoms. The van der Waals surface area contributed by atoms with Crippen molar-refractivity contribution in [3.63, 3.8) is 0 Å². The van der Waals surface area contributed by atoms with Crippen LogP contribution in [-0.2, 0) is 13.0 Å². The molecule has 3 aromatic rings. The molecular formula is C21H22ClF2N5O2. The number of benzene rings is 2. The largest absolute Gasteiger partial charge is 0.434 e. The third kappa shape index (κ3) is 6.65. The molecule has 2 aromatic carbocycles. The van der Waals surface area contributed by atoms with Crippen molar-refractivity contribution >= 4 is 17.6 Å². The van der Waals surface area contributed by atoms with Gasteiger partial charge in [-0.05, 0) is 25.1 Å². The lowest BCUT2D eigenvalue weighted by Crippen LogP contribution is -2.38. The standard InChI is InChI=1S/C21H22ClF2N5O2/c1-13-6-7-17(30-20(23)24)15(10-13)12-27-21(25-2)26-9-8-18-28-19(29-31-18)14-4-3-5-16(22)11-14/h3-7,10-11,20H,8-9,12H2,1-2H3,(H2,25,26,27). The number of ether oxygens (including phenoxy) is 1. The molecule has 0 unspecified atom stereocenters. The average molecular weight is 450 g/mol. The van der Waals surface area contributed by atoms with E-state index in [-0.39, 0.29) is 12.3 Å². The molecule has 10 heteroatoms. The minimum atomic E-state index is -2.88. The van der Waals surface area contributed by atoms with Crippen LogP contribution in [0.3, 0.4) is 0 Å². The molecular weight excluding hydrogens is 428 g/mol. The maximum atomic E-state index is 12.6. The molecule has 0 amide bonds. The van der Waals surface area contributed by atoms with Gasteiger partial charge in [-0.25, -0.2) is 0 Å². The summed E-state index contributed by atoms with van der Waals surface area (Å²) in [5.74, 6) is 1.55. The minimum Gasteiger partial charge on any atom is -0.434 e. The third-order valence-electron chi connectivity index (χ3n) is 4.28. The molecule has 164 valence electrons. The number of aliphatic imine (C=N–C) groups is 1. The number of nitrogens with one attached hydrogen (secondary N) is 2. The summed E-state index contributed by atoms with van der Waals surface area (Å²) in [4.78, 5) is 8.50. The molecule has 0 radical (unpaired) electrons. The maximum Gasteiger partial charge on any atom is 0.387 e. The highest BCUT2D eigenvalue weighted by Crippen LogP contribution is 2.22. The van der Waals surface area contributed by atoms with E-state index < -0.39 is 6.61 Å². The molecule has 0 saturated heterocycles. The van der Waals surface area contributed by atoms with Gasteiger partial charge in [-0.2, -0.15) is 13.8 Å². The fourth-order valence-corrected chi connectivity index (χ4v) is 3.04. The molecule has 0 saturated carbocycles. The van der Waals surface area contributed by atoms with Crippen LogP contribution in [0.2, 0.25) is 5.02 Å². The smallest absolute Gasteiger partial charge is 0.387 e. The molecule has 0 spiro atoms. The second kappa shape index (κ2) is 10.7. The number of hydrogen-bond donors (Lipinski definition) is 2. The van der Waals surface area contributed by atoms with Crippen LogP contribution in [0.4, 0.5) is 8.78 Å². The van der Waals surface area contributed by atoms with Crippen molar-refractivity contribution in [2.45, 2.75) is 26.5 Å². The monoisotopic (exact) mass is 449 g/mol. The van der Waals surface area contributed by atoms with Gasteiger partial charge < -0.3 is 19.9 Å². The molecule has 0 aliphatic carbocycles. The van der Waals surface area contributed by atoms with Gasteiger partial charge in [-0.15, -0.1) is 0 Å². The first kappa shape index (κ1) is 22.5. The van der Waals surface area contributed by atoms with E-state index in [1.807, 2.05) is 19.1 Å². The normalized spacial score (nSPS) is 11.6. The van der Waals surface area contributed by atoms with E-state index >= 15 is 0 Å². The average Bonchev–Trinajstić information content (AvgIpc) is 3.21. The summed E-state index contributed by atoms with van der Waals surface area (Å²) >= 11 is 5.99. The van der Waals surface area contributed by atoms with Gasteiger partial charge >= 0.3 is 6.61 Å². The van der Waals surface area contributed by atoms with Crippen molar-refractivity contribution in [1.82, 2.24) is 20.8 Å². The fraction of sp³-hybridized carbons (Fsp3) is 0.286. The highest BCUT2D eigenvalue weighted by atomic mass is 35.5. The summed E-state index contributed by atoms with van der Waals surface area (Å²) in [6.45, 7) is -0.260. The summed E-state index contributed by atoms with van der Waals surface area (Å²) in [6, 6.07) is 12.2. The van der Waals surface area contributed by atoms with Crippen LogP contribution in [0.25, 0.3) is 11.4 Å². The van der Waals surface area contributed by atoms with Gasteiger partial charge in [0.15, 0.2) is 5.96 Å². The summed E-state index contributed by atoms with van der Waals surface area (Å²) in [5.41, 5.74) is 2.31. The first-order valence-electron chi connectivity index (χ1n) is 9.52. The molecule has 2 N–H and O–H groups in total. The Hall–Kier alpha value is -3.20. The second-order valence-corrected chi connectivity index (χ2v) is 7.05. The van der Waals surface area contributed by atoms with E-state index in [1.165, 1.54) is 6.07 Å². The molecule has 3 rings (SSSR count). The van der Waals surface area contributed by atoms with Crippen LogP contribution >= 0.6 is 11.6 Å². The first-order valence-corrected chi connectivity index (χ1v) is 9.90. The van der Waals surface area contributed by atoms with E-state index in [9.17, 15) is 8.78 Å². The number of rotatable bonds is 8. The fourth-order valence-electron chi connectivity index (χ4n) is 2.85. The number of aromatic nitrogens is 2. The number of halogens is 3. The van der Waals surface area contributed by atoms with Crippen molar-refractivity contribution in [2.75, 3.05) is 13.6 Å². The minimum absolute atomic E-state index is 0.128. The van der Waals surface area contributed by atoms with Crippen molar-refractivity contribution in [3.05, 3.63) is 64.5 Å². The highest BCUT2D eigenvalue weighted by Gasteiger charge is 2.12. The van der Waals surface area contributed by atoms with Gasteiger partial charge in [0.1, 0.15) is 5.75 Å². The lowest BCUT2D eigenvalue weighted by Gasteiger charge is -2.15. The second-order valence-electron chi connectivity index (χ2n) is 6.61. The summed E-state index contributed by atoms with van der Waals surface area (Å²) in [6.07, 6.45) is 0.471. The van der Waals surface area contributed by atoms with E-state index in [4.69, 9.17) is 16.1 Å². The third-order valence-corrected chi connectivity index (χ3v) is 4.52. The maximum absolute atomic E-state index is 12.6. The zero-order valence-electron chi connectivity index (χ0n) is 17.0. The van der Waals surface area contributed by atoms with Crippen molar-refractivity contribution < 1.29 is 18.0 Å². The zero-order chi connectivity index (χ0) is 22.2. The summed E-state index contributed by atoms with van der Waals surface area (Å²) in [5, 5.41) is 10.8. The number of aryl methyl sites for hydroxylation is 1. The van der Waals surface area contributed by atoms with Gasteiger partial charge in [-0.3, -0.25) is 4.99 Å². The number of nitrogens with zero attached hydrogens (tertiary/aromatic N) is 3. The highest BCUT2D eigenvalue weighted by molar-refractivity contribution is 6.30. The zero-order valence-corrected chi connectivity index (χ0v) is 17.8. The Morgan fingerprint density at radius 2 is 2.06 bits per heavy atom. The van der Waals surface area contributed by atoms with Gasteiger partial charge in [0, 0.05) is 42.7 Å². The molecule has 0 aliphatic heterocycles. The quantitative estimate of drug-likeness (QED) is 0.396. The first-order chi connectivity index (χ1) is 14.9. The molecule has 0 aliphatic rings. The SMILES string of the molecule is CN=C(NCCc1nc(-c2cccc(Cl)c2)no1)NCc1cc(C)ccc1OC(F)F. The Labute approximate surface area is 183 Å². The number of alkyl halides is 2. The Kier molecular flexibility index (Phi) is 7.77. The Bertz CT molecular complexity index is 1040. The van der Waals surface area contributed by atoms with Gasteiger partial charge in [0.25, 0.3) is 0 Å². The van der Waals surface area contributed by atoms with Crippen molar-refractivity contribution in [1.29, 1.82) is 0 Å².